The molecule has 1 rings (SSSR count). The van der Waals surface area contributed by atoms with E-state index in [0.717, 1.165) is 6.42 Å². The van der Waals surface area contributed by atoms with Crippen LogP contribution in [-0.2, 0) is 9.53 Å². The standard InChI is InChI=1S/C13H25NO3/c1-9-5-6-17-11(9)12(16)14-8-13(3,4)7-10(2)15/h9-11,15H,5-8H2,1-4H3,(H,14,16). The van der Waals surface area contributed by atoms with E-state index >= 15 is 0 Å². The van der Waals surface area contributed by atoms with Crippen LogP contribution in [0.4, 0.5) is 0 Å². The van der Waals surface area contributed by atoms with Crippen molar-refractivity contribution < 1.29 is 14.6 Å². The van der Waals surface area contributed by atoms with Crippen molar-refractivity contribution in [3.05, 3.63) is 0 Å². The van der Waals surface area contributed by atoms with Gasteiger partial charge < -0.3 is 15.2 Å². The van der Waals surface area contributed by atoms with Crippen molar-refractivity contribution in [3.63, 3.8) is 0 Å². The molecule has 0 aromatic carbocycles. The predicted octanol–water partition coefficient (Wildman–Crippen LogP) is 1.32. The maximum Gasteiger partial charge on any atom is 0.249 e. The minimum absolute atomic E-state index is 0.0198. The number of ether oxygens (including phenoxy) is 1. The van der Waals surface area contributed by atoms with Crippen LogP contribution in [0.3, 0.4) is 0 Å². The van der Waals surface area contributed by atoms with Gasteiger partial charge in [-0.2, -0.15) is 0 Å². The number of hydrogen-bond acceptors (Lipinski definition) is 3. The van der Waals surface area contributed by atoms with Crippen molar-refractivity contribution in [2.45, 2.75) is 52.7 Å². The number of carbonyl (C=O) groups is 1. The molecule has 100 valence electrons. The average molecular weight is 243 g/mol. The number of amides is 1. The van der Waals surface area contributed by atoms with Gasteiger partial charge in [0.1, 0.15) is 6.10 Å². The monoisotopic (exact) mass is 243 g/mol. The highest BCUT2D eigenvalue weighted by Gasteiger charge is 2.31. The van der Waals surface area contributed by atoms with E-state index in [1.54, 1.807) is 6.92 Å². The third-order valence-electron chi connectivity index (χ3n) is 3.24. The second-order valence-electron chi connectivity index (χ2n) is 5.99. The first-order chi connectivity index (χ1) is 7.82. The molecule has 1 heterocycles. The topological polar surface area (TPSA) is 58.6 Å². The molecule has 4 heteroatoms. The zero-order valence-corrected chi connectivity index (χ0v) is 11.3. The van der Waals surface area contributed by atoms with Gasteiger partial charge in [-0.05, 0) is 31.1 Å². The lowest BCUT2D eigenvalue weighted by Crippen LogP contribution is -2.42. The summed E-state index contributed by atoms with van der Waals surface area (Å²) in [4.78, 5) is 11.9. The maximum atomic E-state index is 11.9. The SMILES string of the molecule is CC(O)CC(C)(C)CNC(=O)C1OCCC1C. The van der Waals surface area contributed by atoms with Crippen LogP contribution in [0.1, 0.15) is 40.5 Å². The van der Waals surface area contributed by atoms with Crippen LogP contribution >= 0.6 is 0 Å². The Bertz CT molecular complexity index is 263. The average Bonchev–Trinajstić information content (AvgIpc) is 2.59. The molecule has 0 radical (unpaired) electrons. The van der Waals surface area contributed by atoms with Crippen LogP contribution in [0.15, 0.2) is 0 Å². The zero-order chi connectivity index (χ0) is 13.1. The molecule has 1 aliphatic heterocycles. The molecule has 0 bridgehead atoms. The van der Waals surface area contributed by atoms with E-state index in [1.165, 1.54) is 0 Å². The first-order valence-corrected chi connectivity index (χ1v) is 6.39. The lowest BCUT2D eigenvalue weighted by molar-refractivity contribution is -0.132. The van der Waals surface area contributed by atoms with E-state index in [-0.39, 0.29) is 23.5 Å². The van der Waals surface area contributed by atoms with Gasteiger partial charge in [0.15, 0.2) is 0 Å². The lowest BCUT2D eigenvalue weighted by atomic mass is 9.87. The maximum absolute atomic E-state index is 11.9. The summed E-state index contributed by atoms with van der Waals surface area (Å²) < 4.78 is 5.41. The molecular formula is C13H25NO3. The Morgan fingerprint density at radius 2 is 2.24 bits per heavy atom. The smallest absolute Gasteiger partial charge is 0.249 e. The van der Waals surface area contributed by atoms with Crippen molar-refractivity contribution in [3.8, 4) is 0 Å². The molecule has 3 atom stereocenters. The Morgan fingerprint density at radius 3 is 2.71 bits per heavy atom. The summed E-state index contributed by atoms with van der Waals surface area (Å²) >= 11 is 0. The van der Waals surface area contributed by atoms with Crippen molar-refractivity contribution in [1.82, 2.24) is 5.32 Å². The Kier molecular flexibility index (Phi) is 4.95. The number of rotatable bonds is 5. The minimum Gasteiger partial charge on any atom is -0.393 e. The van der Waals surface area contributed by atoms with E-state index < -0.39 is 0 Å². The highest BCUT2D eigenvalue weighted by Crippen LogP contribution is 2.23. The highest BCUT2D eigenvalue weighted by atomic mass is 16.5. The van der Waals surface area contributed by atoms with E-state index in [4.69, 9.17) is 4.74 Å². The van der Waals surface area contributed by atoms with Crippen molar-refractivity contribution in [1.29, 1.82) is 0 Å². The molecule has 1 aliphatic rings. The fraction of sp³-hybridized carbons (Fsp3) is 0.923. The minimum atomic E-state index is -0.344. The molecule has 3 unspecified atom stereocenters. The molecule has 1 saturated heterocycles. The van der Waals surface area contributed by atoms with Crippen LogP contribution in [0.2, 0.25) is 0 Å². The Balaban J connectivity index is 2.37. The number of aliphatic hydroxyl groups excluding tert-OH is 1. The molecule has 0 aliphatic carbocycles. The van der Waals surface area contributed by atoms with Gasteiger partial charge in [0.25, 0.3) is 0 Å². The summed E-state index contributed by atoms with van der Waals surface area (Å²) in [5.74, 6) is 0.281. The molecule has 0 aromatic rings. The Hall–Kier alpha value is -0.610. The molecule has 2 N–H and O–H groups in total. The van der Waals surface area contributed by atoms with Gasteiger partial charge in [-0.15, -0.1) is 0 Å². The lowest BCUT2D eigenvalue weighted by Gasteiger charge is -2.27. The quantitative estimate of drug-likeness (QED) is 0.765. The van der Waals surface area contributed by atoms with Gasteiger partial charge in [-0.1, -0.05) is 20.8 Å². The van der Waals surface area contributed by atoms with Crippen LogP contribution in [0.5, 0.6) is 0 Å². The van der Waals surface area contributed by atoms with Crippen molar-refractivity contribution >= 4 is 5.91 Å². The van der Waals surface area contributed by atoms with Gasteiger partial charge in [-0.3, -0.25) is 4.79 Å². The molecule has 1 amide bonds. The second kappa shape index (κ2) is 5.83. The summed E-state index contributed by atoms with van der Waals surface area (Å²) in [6, 6.07) is 0. The molecule has 0 spiro atoms. The normalized spacial score (nSPS) is 26.9. The first-order valence-electron chi connectivity index (χ1n) is 6.39. The molecule has 0 saturated carbocycles. The van der Waals surface area contributed by atoms with Gasteiger partial charge in [0, 0.05) is 13.2 Å². The first kappa shape index (κ1) is 14.5. The molecule has 1 fully saturated rings. The molecular weight excluding hydrogens is 218 g/mol. The summed E-state index contributed by atoms with van der Waals surface area (Å²) in [6.07, 6.45) is 0.990. The van der Waals surface area contributed by atoms with Gasteiger partial charge in [0.05, 0.1) is 6.10 Å². The van der Waals surface area contributed by atoms with Crippen LogP contribution in [0.25, 0.3) is 0 Å². The van der Waals surface area contributed by atoms with Crippen LogP contribution < -0.4 is 5.32 Å². The van der Waals surface area contributed by atoms with Gasteiger partial charge in [-0.25, -0.2) is 0 Å². The van der Waals surface area contributed by atoms with Crippen molar-refractivity contribution in [2.24, 2.45) is 11.3 Å². The number of aliphatic hydroxyl groups is 1. The third-order valence-corrected chi connectivity index (χ3v) is 3.24. The second-order valence-corrected chi connectivity index (χ2v) is 5.99. The summed E-state index contributed by atoms with van der Waals surface area (Å²) in [5, 5.41) is 12.3. The molecule has 17 heavy (non-hydrogen) atoms. The van der Waals surface area contributed by atoms with Gasteiger partial charge in [0.2, 0.25) is 5.91 Å². The molecule has 0 aromatic heterocycles. The van der Waals surface area contributed by atoms with E-state index in [1.807, 2.05) is 20.8 Å². The Morgan fingerprint density at radius 1 is 1.59 bits per heavy atom. The molecule has 4 nitrogen and oxygen atoms in total. The number of nitrogens with one attached hydrogen (secondary N) is 1. The number of hydrogen-bond donors (Lipinski definition) is 2. The summed E-state index contributed by atoms with van der Waals surface area (Å²) in [5.41, 5.74) is -0.0916. The van der Waals surface area contributed by atoms with E-state index in [2.05, 4.69) is 5.32 Å². The fourth-order valence-corrected chi connectivity index (χ4v) is 2.33. The highest BCUT2D eigenvalue weighted by molar-refractivity contribution is 5.81. The third kappa shape index (κ3) is 4.64. The summed E-state index contributed by atoms with van der Waals surface area (Å²) in [7, 11) is 0. The van der Waals surface area contributed by atoms with E-state index in [0.29, 0.717) is 25.5 Å². The largest absolute Gasteiger partial charge is 0.393 e. The Labute approximate surface area is 104 Å². The number of carbonyl (C=O) groups excluding carboxylic acids is 1. The summed E-state index contributed by atoms with van der Waals surface area (Å²) in [6.45, 7) is 9.14. The van der Waals surface area contributed by atoms with Crippen molar-refractivity contribution in [2.75, 3.05) is 13.2 Å². The van der Waals surface area contributed by atoms with E-state index in [9.17, 15) is 9.90 Å². The van der Waals surface area contributed by atoms with Gasteiger partial charge >= 0.3 is 0 Å². The predicted molar refractivity (Wildman–Crippen MR) is 66.6 cm³/mol. The van der Waals surface area contributed by atoms with Crippen LogP contribution in [0, 0.1) is 11.3 Å². The van der Waals surface area contributed by atoms with Crippen LogP contribution in [-0.4, -0.2) is 36.4 Å². The fourth-order valence-electron chi connectivity index (χ4n) is 2.33. The zero-order valence-electron chi connectivity index (χ0n) is 11.3.